The van der Waals surface area contributed by atoms with Gasteiger partial charge in [0.2, 0.25) is 5.91 Å². The molecule has 1 atom stereocenters. The molecular weight excluding hydrogens is 278 g/mol. The summed E-state index contributed by atoms with van der Waals surface area (Å²) in [5.41, 5.74) is 1.28. The molecule has 0 radical (unpaired) electrons. The first-order valence-corrected chi connectivity index (χ1v) is 8.13. The van der Waals surface area contributed by atoms with Gasteiger partial charge in [-0.2, -0.15) is 0 Å². The van der Waals surface area contributed by atoms with Gasteiger partial charge in [0.1, 0.15) is 0 Å². The Bertz CT molecular complexity index is 492. The minimum atomic E-state index is -0.727. The normalized spacial score (nSPS) is 22.8. The van der Waals surface area contributed by atoms with Gasteiger partial charge in [-0.15, -0.1) is 0 Å². The van der Waals surface area contributed by atoms with Crippen molar-refractivity contribution in [2.75, 3.05) is 0 Å². The van der Waals surface area contributed by atoms with Crippen molar-refractivity contribution in [1.29, 1.82) is 0 Å². The van der Waals surface area contributed by atoms with Gasteiger partial charge >= 0.3 is 5.97 Å². The van der Waals surface area contributed by atoms with E-state index in [0.717, 1.165) is 12.8 Å². The van der Waals surface area contributed by atoms with Gasteiger partial charge in [0.15, 0.2) is 0 Å². The molecule has 1 aliphatic rings. The van der Waals surface area contributed by atoms with E-state index in [4.69, 9.17) is 5.11 Å². The summed E-state index contributed by atoms with van der Waals surface area (Å²) in [6, 6.07) is 10.4. The van der Waals surface area contributed by atoms with Crippen LogP contribution in [-0.2, 0) is 16.0 Å². The Morgan fingerprint density at radius 2 is 1.73 bits per heavy atom. The molecule has 1 aromatic carbocycles. The number of benzene rings is 1. The lowest BCUT2D eigenvalue weighted by molar-refractivity contribution is -0.144. The first-order chi connectivity index (χ1) is 10.6. The first-order valence-electron chi connectivity index (χ1n) is 8.13. The number of nitrogens with one attached hydrogen (secondary N) is 1. The molecule has 22 heavy (non-hydrogen) atoms. The molecular formula is C18H25NO3. The molecule has 2 rings (SSSR count). The lowest BCUT2D eigenvalue weighted by Crippen LogP contribution is -2.39. The Balaban J connectivity index is 1.71. The molecule has 1 unspecified atom stereocenters. The predicted molar refractivity (Wildman–Crippen MR) is 85.5 cm³/mol. The minimum Gasteiger partial charge on any atom is -0.481 e. The second-order valence-electron chi connectivity index (χ2n) is 6.32. The molecule has 4 nitrogen and oxygen atoms in total. The highest BCUT2D eigenvalue weighted by Gasteiger charge is 2.29. The summed E-state index contributed by atoms with van der Waals surface area (Å²) < 4.78 is 0. The summed E-state index contributed by atoms with van der Waals surface area (Å²) in [4.78, 5) is 23.2. The molecule has 0 bridgehead atoms. The maximum atomic E-state index is 12.2. The van der Waals surface area contributed by atoms with Gasteiger partial charge < -0.3 is 10.4 Å². The molecule has 4 heteroatoms. The molecule has 0 saturated heterocycles. The van der Waals surface area contributed by atoms with E-state index >= 15 is 0 Å². The molecule has 0 heterocycles. The van der Waals surface area contributed by atoms with E-state index in [-0.39, 0.29) is 23.8 Å². The van der Waals surface area contributed by atoms with Crippen LogP contribution in [0.1, 0.15) is 44.6 Å². The van der Waals surface area contributed by atoms with Gasteiger partial charge in [0.25, 0.3) is 0 Å². The Kier molecular flexibility index (Phi) is 5.99. The first kappa shape index (κ1) is 16.5. The number of carboxylic acids is 1. The molecule has 1 aliphatic carbocycles. The zero-order chi connectivity index (χ0) is 15.9. The topological polar surface area (TPSA) is 66.4 Å². The predicted octanol–water partition coefficient (Wildman–Crippen LogP) is 3.01. The van der Waals surface area contributed by atoms with Crippen LogP contribution in [0.4, 0.5) is 0 Å². The summed E-state index contributed by atoms with van der Waals surface area (Å²) in [7, 11) is 0. The lowest BCUT2D eigenvalue weighted by atomic mass is 9.81. The van der Waals surface area contributed by atoms with Gasteiger partial charge in [0.05, 0.1) is 5.92 Å². The summed E-state index contributed by atoms with van der Waals surface area (Å²) in [6.07, 6.45) is 4.48. The van der Waals surface area contributed by atoms with E-state index in [0.29, 0.717) is 25.7 Å². The van der Waals surface area contributed by atoms with Crippen molar-refractivity contribution in [2.45, 2.75) is 51.5 Å². The second kappa shape index (κ2) is 7.97. The summed E-state index contributed by atoms with van der Waals surface area (Å²) in [5.74, 6) is -0.922. The average molecular weight is 303 g/mol. The monoisotopic (exact) mass is 303 g/mol. The fraction of sp³-hybridized carbons (Fsp3) is 0.556. The van der Waals surface area contributed by atoms with Crippen molar-refractivity contribution in [3.63, 3.8) is 0 Å². The van der Waals surface area contributed by atoms with E-state index in [1.54, 1.807) is 0 Å². The van der Waals surface area contributed by atoms with Crippen LogP contribution in [0.15, 0.2) is 30.3 Å². The maximum absolute atomic E-state index is 12.2. The number of aliphatic carboxylic acids is 1. The van der Waals surface area contributed by atoms with Crippen molar-refractivity contribution in [1.82, 2.24) is 5.32 Å². The Morgan fingerprint density at radius 3 is 2.32 bits per heavy atom. The van der Waals surface area contributed by atoms with Crippen LogP contribution in [0.3, 0.4) is 0 Å². The Labute approximate surface area is 131 Å². The van der Waals surface area contributed by atoms with Gasteiger partial charge in [-0.3, -0.25) is 9.59 Å². The maximum Gasteiger partial charge on any atom is 0.306 e. The van der Waals surface area contributed by atoms with E-state index in [9.17, 15) is 9.59 Å². The highest BCUT2D eigenvalue weighted by Crippen LogP contribution is 2.29. The third-order valence-corrected chi connectivity index (χ3v) is 4.54. The molecule has 0 spiro atoms. The van der Waals surface area contributed by atoms with Crippen LogP contribution in [0.25, 0.3) is 0 Å². The third-order valence-electron chi connectivity index (χ3n) is 4.54. The highest BCUT2D eigenvalue weighted by atomic mass is 16.4. The van der Waals surface area contributed by atoms with E-state index in [2.05, 4.69) is 17.4 Å². The molecule has 120 valence electrons. The van der Waals surface area contributed by atoms with E-state index in [1.165, 1.54) is 5.56 Å². The van der Waals surface area contributed by atoms with Crippen LogP contribution in [0.5, 0.6) is 0 Å². The van der Waals surface area contributed by atoms with E-state index < -0.39 is 5.97 Å². The largest absolute Gasteiger partial charge is 0.481 e. The Morgan fingerprint density at radius 1 is 1.14 bits per heavy atom. The number of hydrogen-bond acceptors (Lipinski definition) is 2. The molecule has 0 aromatic heterocycles. The van der Waals surface area contributed by atoms with Crippen molar-refractivity contribution < 1.29 is 14.7 Å². The molecule has 1 amide bonds. The molecule has 1 fully saturated rings. The van der Waals surface area contributed by atoms with Gasteiger partial charge in [-0.05, 0) is 51.0 Å². The molecule has 0 aliphatic heterocycles. The number of rotatable bonds is 6. The standard InChI is InChI=1S/C18H25NO3/c1-13(7-8-14-5-3-2-4-6-14)19-17(20)15-9-11-16(12-10-15)18(21)22/h2-6,13,15-16H,7-12H2,1H3,(H,19,20)(H,21,22). The third kappa shape index (κ3) is 4.86. The quantitative estimate of drug-likeness (QED) is 0.849. The van der Waals surface area contributed by atoms with Crippen molar-refractivity contribution in [3.05, 3.63) is 35.9 Å². The summed E-state index contributed by atoms with van der Waals surface area (Å²) in [5, 5.41) is 12.1. The highest BCUT2D eigenvalue weighted by molar-refractivity contribution is 5.79. The number of aryl methyl sites for hydroxylation is 1. The molecule has 1 aromatic rings. The number of amides is 1. The fourth-order valence-corrected chi connectivity index (χ4v) is 3.06. The van der Waals surface area contributed by atoms with Crippen LogP contribution in [0.2, 0.25) is 0 Å². The molecule has 2 N–H and O–H groups in total. The summed E-state index contributed by atoms with van der Waals surface area (Å²) in [6.45, 7) is 2.03. The van der Waals surface area contributed by atoms with Crippen LogP contribution in [0, 0.1) is 11.8 Å². The molecule has 1 saturated carbocycles. The number of carbonyl (C=O) groups excluding carboxylic acids is 1. The van der Waals surface area contributed by atoms with Crippen molar-refractivity contribution >= 4 is 11.9 Å². The summed E-state index contributed by atoms with van der Waals surface area (Å²) >= 11 is 0. The van der Waals surface area contributed by atoms with Gasteiger partial charge in [-0.1, -0.05) is 30.3 Å². The van der Waals surface area contributed by atoms with Gasteiger partial charge in [0, 0.05) is 12.0 Å². The number of hydrogen-bond donors (Lipinski definition) is 2. The van der Waals surface area contributed by atoms with E-state index in [1.807, 2.05) is 25.1 Å². The Hall–Kier alpha value is -1.84. The van der Waals surface area contributed by atoms with Crippen LogP contribution >= 0.6 is 0 Å². The SMILES string of the molecule is CC(CCc1ccccc1)NC(=O)C1CCC(C(=O)O)CC1. The van der Waals surface area contributed by atoms with Crippen molar-refractivity contribution in [3.8, 4) is 0 Å². The number of carboxylic acid groups (broad SMARTS) is 1. The smallest absolute Gasteiger partial charge is 0.306 e. The van der Waals surface area contributed by atoms with Crippen LogP contribution < -0.4 is 5.32 Å². The van der Waals surface area contributed by atoms with Crippen LogP contribution in [-0.4, -0.2) is 23.0 Å². The van der Waals surface area contributed by atoms with Crippen molar-refractivity contribution in [2.24, 2.45) is 11.8 Å². The van der Waals surface area contributed by atoms with Gasteiger partial charge in [-0.25, -0.2) is 0 Å². The number of carbonyl (C=O) groups is 2. The lowest BCUT2D eigenvalue weighted by Gasteiger charge is -2.26. The zero-order valence-corrected chi connectivity index (χ0v) is 13.1. The average Bonchev–Trinajstić information content (AvgIpc) is 2.54. The minimum absolute atomic E-state index is 0.0187. The zero-order valence-electron chi connectivity index (χ0n) is 13.1. The fourth-order valence-electron chi connectivity index (χ4n) is 3.06. The second-order valence-corrected chi connectivity index (χ2v) is 6.32.